The Morgan fingerprint density at radius 2 is 2.05 bits per heavy atom. The van der Waals surface area contributed by atoms with Gasteiger partial charge in [0, 0.05) is 32.2 Å². The van der Waals surface area contributed by atoms with Crippen LogP contribution in [-0.4, -0.2) is 49.2 Å². The van der Waals surface area contributed by atoms with E-state index in [2.05, 4.69) is 5.32 Å². The minimum Gasteiger partial charge on any atom is -0.393 e. The summed E-state index contributed by atoms with van der Waals surface area (Å²) in [7, 11) is 0. The first-order chi connectivity index (χ1) is 9.27. The van der Waals surface area contributed by atoms with Crippen molar-refractivity contribution in [1.29, 1.82) is 0 Å². The van der Waals surface area contributed by atoms with Crippen LogP contribution in [0.15, 0.2) is 0 Å². The summed E-state index contributed by atoms with van der Waals surface area (Å²) in [6, 6.07) is 0.532. The van der Waals surface area contributed by atoms with Gasteiger partial charge in [0.2, 0.25) is 0 Å². The molecular formula is C15H27NO3. The second-order valence-electron chi connectivity index (χ2n) is 6.54. The number of ether oxygens (including phenoxy) is 2. The minimum atomic E-state index is -0.0927. The van der Waals surface area contributed by atoms with Gasteiger partial charge in [-0.25, -0.2) is 0 Å². The highest BCUT2D eigenvalue weighted by Gasteiger charge is 2.41. The molecule has 0 aromatic rings. The fourth-order valence-corrected chi connectivity index (χ4v) is 3.81. The molecule has 4 nitrogen and oxygen atoms in total. The molecule has 19 heavy (non-hydrogen) atoms. The summed E-state index contributed by atoms with van der Waals surface area (Å²) >= 11 is 0. The first kappa shape index (κ1) is 13.8. The molecule has 4 atom stereocenters. The molecule has 0 bridgehead atoms. The zero-order valence-electron chi connectivity index (χ0n) is 11.8. The van der Waals surface area contributed by atoms with E-state index in [-0.39, 0.29) is 11.7 Å². The van der Waals surface area contributed by atoms with Crippen LogP contribution in [0.1, 0.15) is 44.9 Å². The van der Waals surface area contributed by atoms with Gasteiger partial charge in [-0.15, -0.1) is 0 Å². The third-order valence-electron chi connectivity index (χ3n) is 5.10. The lowest BCUT2D eigenvalue weighted by molar-refractivity contribution is -0.0901. The van der Waals surface area contributed by atoms with Crippen LogP contribution >= 0.6 is 0 Å². The standard InChI is InChI=1S/C15H27NO3/c17-14-4-2-1-3-12(14)10-16-13-5-7-19-15(9-13)6-8-18-11-15/h12-14,16-17H,1-11H2. The molecule has 2 N–H and O–H groups in total. The van der Waals surface area contributed by atoms with Gasteiger partial charge >= 0.3 is 0 Å². The van der Waals surface area contributed by atoms with Gasteiger partial charge in [0.1, 0.15) is 0 Å². The molecule has 0 aromatic carbocycles. The van der Waals surface area contributed by atoms with Crippen LogP contribution in [0, 0.1) is 5.92 Å². The first-order valence-corrected chi connectivity index (χ1v) is 7.91. The van der Waals surface area contributed by atoms with E-state index in [9.17, 15) is 5.11 Å². The topological polar surface area (TPSA) is 50.7 Å². The Morgan fingerprint density at radius 3 is 2.84 bits per heavy atom. The zero-order chi connectivity index (χ0) is 13.1. The summed E-state index contributed by atoms with van der Waals surface area (Å²) in [5.41, 5.74) is -0.0128. The highest BCUT2D eigenvalue weighted by molar-refractivity contribution is 4.93. The summed E-state index contributed by atoms with van der Waals surface area (Å²) in [6.07, 6.45) is 7.72. The van der Waals surface area contributed by atoms with E-state index in [1.807, 2.05) is 0 Å². The molecule has 2 heterocycles. The van der Waals surface area contributed by atoms with E-state index in [0.717, 1.165) is 52.0 Å². The van der Waals surface area contributed by atoms with Gasteiger partial charge in [-0.1, -0.05) is 12.8 Å². The van der Waals surface area contributed by atoms with Gasteiger partial charge in [-0.05, 0) is 31.6 Å². The lowest BCUT2D eigenvalue weighted by Gasteiger charge is -2.38. The van der Waals surface area contributed by atoms with Gasteiger partial charge in [0.15, 0.2) is 0 Å². The van der Waals surface area contributed by atoms with E-state index < -0.39 is 0 Å². The lowest BCUT2D eigenvalue weighted by atomic mass is 9.85. The largest absolute Gasteiger partial charge is 0.393 e. The Labute approximate surface area is 115 Å². The first-order valence-electron chi connectivity index (χ1n) is 7.91. The molecule has 0 amide bonds. The molecule has 1 saturated carbocycles. The minimum absolute atomic E-state index is 0.0128. The predicted molar refractivity (Wildman–Crippen MR) is 73.1 cm³/mol. The van der Waals surface area contributed by atoms with Gasteiger partial charge in [-0.2, -0.15) is 0 Å². The van der Waals surface area contributed by atoms with Crippen molar-refractivity contribution in [1.82, 2.24) is 5.32 Å². The second-order valence-corrected chi connectivity index (χ2v) is 6.54. The van der Waals surface area contributed by atoms with E-state index in [1.165, 1.54) is 19.3 Å². The fourth-order valence-electron chi connectivity index (χ4n) is 3.81. The number of aliphatic hydroxyl groups excluding tert-OH is 1. The van der Waals surface area contributed by atoms with Gasteiger partial charge in [0.05, 0.1) is 18.3 Å². The number of nitrogens with one attached hydrogen (secondary N) is 1. The summed E-state index contributed by atoms with van der Waals surface area (Å²) in [4.78, 5) is 0. The van der Waals surface area contributed by atoms with Crippen LogP contribution in [0.5, 0.6) is 0 Å². The molecule has 110 valence electrons. The summed E-state index contributed by atoms with van der Waals surface area (Å²) in [5.74, 6) is 0.451. The predicted octanol–water partition coefficient (Wildman–Crippen LogP) is 1.47. The molecule has 2 aliphatic heterocycles. The molecule has 4 heteroatoms. The van der Waals surface area contributed by atoms with Crippen molar-refractivity contribution >= 4 is 0 Å². The third-order valence-corrected chi connectivity index (χ3v) is 5.10. The number of aliphatic hydroxyl groups is 1. The smallest absolute Gasteiger partial charge is 0.0951 e. The summed E-state index contributed by atoms with van der Waals surface area (Å²) in [6.45, 7) is 3.41. The SMILES string of the molecule is OC1CCCCC1CNC1CCOC2(CCOC2)C1. The monoisotopic (exact) mass is 269 g/mol. The molecular weight excluding hydrogens is 242 g/mol. The quantitative estimate of drug-likeness (QED) is 0.814. The molecule has 4 unspecified atom stereocenters. The zero-order valence-corrected chi connectivity index (χ0v) is 11.8. The van der Waals surface area contributed by atoms with Gasteiger partial charge < -0.3 is 19.9 Å². The maximum absolute atomic E-state index is 10.0. The van der Waals surface area contributed by atoms with E-state index in [1.54, 1.807) is 0 Å². The Morgan fingerprint density at radius 1 is 1.16 bits per heavy atom. The summed E-state index contributed by atoms with van der Waals surface area (Å²) < 4.78 is 11.5. The van der Waals surface area contributed by atoms with Crippen LogP contribution in [0.4, 0.5) is 0 Å². The van der Waals surface area contributed by atoms with Crippen molar-refractivity contribution in [3.63, 3.8) is 0 Å². The van der Waals surface area contributed by atoms with Crippen LogP contribution in [0.25, 0.3) is 0 Å². The maximum atomic E-state index is 10.0. The highest BCUT2D eigenvalue weighted by Crippen LogP contribution is 2.33. The molecule has 3 aliphatic rings. The normalized spacial score (nSPS) is 43.7. The Hall–Kier alpha value is -0.160. The average Bonchev–Trinajstić information content (AvgIpc) is 2.86. The molecule has 0 aromatic heterocycles. The Balaban J connectivity index is 1.47. The molecule has 3 fully saturated rings. The van der Waals surface area contributed by atoms with Crippen molar-refractivity contribution in [2.45, 2.75) is 62.7 Å². The van der Waals surface area contributed by atoms with Crippen molar-refractivity contribution in [2.24, 2.45) is 5.92 Å². The van der Waals surface area contributed by atoms with Gasteiger partial charge in [-0.3, -0.25) is 0 Å². The van der Waals surface area contributed by atoms with Crippen molar-refractivity contribution in [3.8, 4) is 0 Å². The van der Waals surface area contributed by atoms with E-state index in [0.29, 0.717) is 12.0 Å². The Bertz CT molecular complexity index is 291. The number of rotatable bonds is 3. The molecule has 3 rings (SSSR count). The van der Waals surface area contributed by atoms with Gasteiger partial charge in [0.25, 0.3) is 0 Å². The van der Waals surface area contributed by atoms with E-state index >= 15 is 0 Å². The van der Waals surface area contributed by atoms with Crippen LogP contribution in [-0.2, 0) is 9.47 Å². The Kier molecular flexibility index (Phi) is 4.42. The van der Waals surface area contributed by atoms with Crippen molar-refractivity contribution < 1.29 is 14.6 Å². The van der Waals surface area contributed by atoms with E-state index in [4.69, 9.17) is 9.47 Å². The van der Waals surface area contributed by atoms with Crippen molar-refractivity contribution in [3.05, 3.63) is 0 Å². The molecule has 1 aliphatic carbocycles. The molecule has 2 saturated heterocycles. The third kappa shape index (κ3) is 3.30. The highest BCUT2D eigenvalue weighted by atomic mass is 16.6. The second kappa shape index (κ2) is 6.08. The van der Waals surface area contributed by atoms with Crippen LogP contribution < -0.4 is 5.32 Å². The van der Waals surface area contributed by atoms with Crippen LogP contribution in [0.3, 0.4) is 0 Å². The van der Waals surface area contributed by atoms with Crippen molar-refractivity contribution in [2.75, 3.05) is 26.4 Å². The molecule has 0 radical (unpaired) electrons. The number of hydrogen-bond acceptors (Lipinski definition) is 4. The maximum Gasteiger partial charge on any atom is 0.0951 e. The molecule has 1 spiro atoms. The summed E-state index contributed by atoms with van der Waals surface area (Å²) in [5, 5.41) is 13.7. The average molecular weight is 269 g/mol. The van der Waals surface area contributed by atoms with Crippen LogP contribution in [0.2, 0.25) is 0 Å². The fraction of sp³-hybridized carbons (Fsp3) is 1.00. The number of hydrogen-bond donors (Lipinski definition) is 2. The lowest BCUT2D eigenvalue weighted by Crippen LogP contribution is -2.49.